The fourth-order valence-electron chi connectivity index (χ4n) is 2.75. The molecule has 3 rings (SSSR count). The molecule has 0 fully saturated rings. The quantitative estimate of drug-likeness (QED) is 0.667. The Hall–Kier alpha value is -2.64. The molecule has 0 radical (unpaired) electrons. The van der Waals surface area contributed by atoms with Crippen LogP contribution in [0.5, 0.6) is 0 Å². The van der Waals surface area contributed by atoms with E-state index in [1.807, 2.05) is 19.1 Å². The first-order chi connectivity index (χ1) is 12.9. The molecule has 0 spiro atoms. The number of aryl methyl sites for hydroxylation is 1. The van der Waals surface area contributed by atoms with Gasteiger partial charge in [-0.1, -0.05) is 29.3 Å². The summed E-state index contributed by atoms with van der Waals surface area (Å²) in [6, 6.07) is 13.0. The lowest BCUT2D eigenvalue weighted by molar-refractivity contribution is 0.0956. The third kappa shape index (κ3) is 5.18. The van der Waals surface area contributed by atoms with Gasteiger partial charge in [0.2, 0.25) is 0 Å². The van der Waals surface area contributed by atoms with Crippen molar-refractivity contribution in [3.8, 4) is 0 Å². The number of benzene rings is 2. The van der Waals surface area contributed by atoms with Crippen molar-refractivity contribution in [3.63, 3.8) is 0 Å². The van der Waals surface area contributed by atoms with Gasteiger partial charge < -0.3 is 10.6 Å². The molecule has 27 heavy (non-hydrogen) atoms. The Kier molecular flexibility index (Phi) is 5.93. The first kappa shape index (κ1) is 19.1. The van der Waals surface area contributed by atoms with Crippen molar-refractivity contribution >= 4 is 21.6 Å². The largest absolute Gasteiger partial charge is 0.348 e. The average Bonchev–Trinajstić information content (AvgIpc) is 2.69. The highest BCUT2D eigenvalue weighted by Crippen LogP contribution is 2.17. The van der Waals surface area contributed by atoms with Crippen LogP contribution in [0.4, 0.5) is 5.69 Å². The Balaban J connectivity index is 1.64. The number of hydrogen-bond donors (Lipinski definition) is 3. The van der Waals surface area contributed by atoms with Gasteiger partial charge in [-0.3, -0.25) is 9.52 Å². The fraction of sp³-hybridized carbons (Fsp3) is 0.250. The number of carbonyl (C=O) groups is 1. The van der Waals surface area contributed by atoms with Crippen LogP contribution in [-0.4, -0.2) is 34.0 Å². The molecule has 0 aliphatic carbocycles. The lowest BCUT2D eigenvalue weighted by Crippen LogP contribution is -2.29. The monoisotopic (exact) mass is 385 g/mol. The summed E-state index contributed by atoms with van der Waals surface area (Å²) in [6.45, 7) is 4.19. The smallest absolute Gasteiger partial charge is 0.261 e. The molecular weight excluding hydrogens is 362 g/mol. The second-order valence-electron chi connectivity index (χ2n) is 6.50. The predicted octanol–water partition coefficient (Wildman–Crippen LogP) is 2.45. The molecule has 3 N–H and O–H groups in total. The van der Waals surface area contributed by atoms with Crippen LogP contribution >= 0.6 is 0 Å². The van der Waals surface area contributed by atoms with E-state index in [0.717, 1.165) is 25.1 Å². The van der Waals surface area contributed by atoms with Gasteiger partial charge in [-0.15, -0.1) is 0 Å². The molecular formula is C20H23N3O3S. The normalized spacial score (nSPS) is 14.3. The van der Waals surface area contributed by atoms with E-state index >= 15 is 0 Å². The molecule has 7 heteroatoms. The van der Waals surface area contributed by atoms with E-state index in [2.05, 4.69) is 21.4 Å². The van der Waals surface area contributed by atoms with Gasteiger partial charge in [0.1, 0.15) is 0 Å². The molecule has 2 aromatic carbocycles. The van der Waals surface area contributed by atoms with Gasteiger partial charge in [0, 0.05) is 24.3 Å². The van der Waals surface area contributed by atoms with E-state index in [0.29, 0.717) is 17.8 Å². The number of amides is 1. The molecule has 0 aromatic heterocycles. The highest BCUT2D eigenvalue weighted by Gasteiger charge is 2.15. The minimum atomic E-state index is -3.70. The summed E-state index contributed by atoms with van der Waals surface area (Å²) >= 11 is 0. The second-order valence-corrected chi connectivity index (χ2v) is 8.18. The van der Waals surface area contributed by atoms with Crippen LogP contribution in [0.2, 0.25) is 0 Å². The van der Waals surface area contributed by atoms with Crippen molar-refractivity contribution in [3.05, 3.63) is 71.3 Å². The first-order valence-electron chi connectivity index (χ1n) is 8.80. The topological polar surface area (TPSA) is 87.3 Å². The first-order valence-corrected chi connectivity index (χ1v) is 10.3. The van der Waals surface area contributed by atoms with E-state index in [9.17, 15) is 13.2 Å². The van der Waals surface area contributed by atoms with Gasteiger partial charge in [0.05, 0.1) is 4.90 Å². The van der Waals surface area contributed by atoms with Crippen molar-refractivity contribution in [2.45, 2.75) is 18.2 Å². The Morgan fingerprint density at radius 1 is 1.07 bits per heavy atom. The summed E-state index contributed by atoms with van der Waals surface area (Å²) in [6.07, 6.45) is 3.00. The Bertz CT molecular complexity index is 933. The number of nitrogens with one attached hydrogen (secondary N) is 3. The van der Waals surface area contributed by atoms with Crippen molar-refractivity contribution in [2.24, 2.45) is 0 Å². The SMILES string of the molecule is Cc1ccc(NS(=O)(=O)c2ccc(C(=O)NCC3=CCNCC3)cc2)cc1. The molecule has 1 aliphatic heterocycles. The molecule has 6 nitrogen and oxygen atoms in total. The minimum Gasteiger partial charge on any atom is -0.348 e. The van der Waals surface area contributed by atoms with Crippen molar-refractivity contribution in [1.82, 2.24) is 10.6 Å². The second kappa shape index (κ2) is 8.37. The lowest BCUT2D eigenvalue weighted by atomic mass is 10.1. The van der Waals surface area contributed by atoms with Gasteiger partial charge in [-0.2, -0.15) is 0 Å². The lowest BCUT2D eigenvalue weighted by Gasteiger charge is -2.14. The highest BCUT2D eigenvalue weighted by molar-refractivity contribution is 7.92. The molecule has 1 heterocycles. The van der Waals surface area contributed by atoms with Gasteiger partial charge in [0.25, 0.3) is 15.9 Å². The summed E-state index contributed by atoms with van der Waals surface area (Å²) in [4.78, 5) is 12.4. The standard InChI is InChI=1S/C20H23N3O3S/c1-15-2-6-18(7-3-15)23-27(25,26)19-8-4-17(5-9-19)20(24)22-14-16-10-12-21-13-11-16/h2-10,21,23H,11-14H2,1H3,(H,22,24). The summed E-state index contributed by atoms with van der Waals surface area (Å²) in [5, 5.41) is 6.09. The number of rotatable bonds is 6. The Labute approximate surface area is 159 Å². The predicted molar refractivity (Wildman–Crippen MR) is 106 cm³/mol. The molecule has 0 unspecified atom stereocenters. The maximum absolute atomic E-state index is 12.5. The van der Waals surface area contributed by atoms with E-state index < -0.39 is 10.0 Å². The molecule has 1 aliphatic rings. The molecule has 0 saturated heterocycles. The number of hydrogen-bond acceptors (Lipinski definition) is 4. The van der Waals surface area contributed by atoms with Crippen molar-refractivity contribution in [1.29, 1.82) is 0 Å². The zero-order valence-corrected chi connectivity index (χ0v) is 16.0. The van der Waals surface area contributed by atoms with Crippen LogP contribution in [0.25, 0.3) is 0 Å². The number of sulfonamides is 1. The average molecular weight is 385 g/mol. The maximum Gasteiger partial charge on any atom is 0.261 e. The highest BCUT2D eigenvalue weighted by atomic mass is 32.2. The zero-order valence-electron chi connectivity index (χ0n) is 15.2. The Morgan fingerprint density at radius 3 is 2.41 bits per heavy atom. The third-order valence-corrected chi connectivity index (χ3v) is 5.76. The van der Waals surface area contributed by atoms with E-state index in [1.54, 1.807) is 12.1 Å². The summed E-state index contributed by atoms with van der Waals surface area (Å²) < 4.78 is 27.5. The molecule has 1 amide bonds. The molecule has 0 atom stereocenters. The minimum absolute atomic E-state index is 0.112. The van der Waals surface area contributed by atoms with Crippen LogP contribution in [0.15, 0.2) is 65.1 Å². The summed E-state index contributed by atoms with van der Waals surface area (Å²) in [7, 11) is -3.70. The third-order valence-electron chi connectivity index (χ3n) is 4.36. The van der Waals surface area contributed by atoms with E-state index in [-0.39, 0.29) is 10.8 Å². The van der Waals surface area contributed by atoms with Crippen LogP contribution < -0.4 is 15.4 Å². The maximum atomic E-state index is 12.5. The fourth-order valence-corrected chi connectivity index (χ4v) is 3.81. The van der Waals surface area contributed by atoms with Crippen molar-refractivity contribution in [2.75, 3.05) is 24.4 Å². The van der Waals surface area contributed by atoms with E-state index in [1.165, 1.54) is 29.8 Å². The van der Waals surface area contributed by atoms with Crippen LogP contribution in [-0.2, 0) is 10.0 Å². The van der Waals surface area contributed by atoms with Gasteiger partial charge in [-0.05, 0) is 56.3 Å². The van der Waals surface area contributed by atoms with Crippen LogP contribution in [0.3, 0.4) is 0 Å². The van der Waals surface area contributed by atoms with Gasteiger partial charge in [0.15, 0.2) is 0 Å². The van der Waals surface area contributed by atoms with Crippen LogP contribution in [0, 0.1) is 6.92 Å². The molecule has 0 saturated carbocycles. The zero-order chi connectivity index (χ0) is 19.3. The van der Waals surface area contributed by atoms with Crippen LogP contribution in [0.1, 0.15) is 22.3 Å². The summed E-state index contributed by atoms with van der Waals surface area (Å²) in [5.74, 6) is -0.218. The molecule has 2 aromatic rings. The summed E-state index contributed by atoms with van der Waals surface area (Å²) in [5.41, 5.74) is 3.17. The molecule has 0 bridgehead atoms. The Morgan fingerprint density at radius 2 is 1.78 bits per heavy atom. The van der Waals surface area contributed by atoms with E-state index in [4.69, 9.17) is 0 Å². The number of anilines is 1. The molecule has 142 valence electrons. The van der Waals surface area contributed by atoms with Crippen molar-refractivity contribution < 1.29 is 13.2 Å². The number of carbonyl (C=O) groups excluding carboxylic acids is 1. The van der Waals surface area contributed by atoms with Gasteiger partial charge in [-0.25, -0.2) is 8.42 Å². The van der Waals surface area contributed by atoms with Gasteiger partial charge >= 0.3 is 0 Å².